The predicted molar refractivity (Wildman–Crippen MR) is 146 cm³/mol. The molecule has 0 atom stereocenters. The molecule has 0 amide bonds. The fraction of sp³-hybridized carbons (Fsp3) is 0.0625. The monoisotopic (exact) mass is 489 g/mol. The van der Waals surface area contributed by atoms with Crippen LogP contribution in [0.15, 0.2) is 144 Å². The van der Waals surface area contributed by atoms with Gasteiger partial charge in [0.1, 0.15) is 5.54 Å². The maximum absolute atomic E-state index is 14.3. The summed E-state index contributed by atoms with van der Waals surface area (Å²) in [6.07, 6.45) is 0. The van der Waals surface area contributed by atoms with Crippen molar-refractivity contribution in [2.24, 2.45) is 0 Å². The Hall–Kier alpha value is -3.99. The summed E-state index contributed by atoms with van der Waals surface area (Å²) in [5.74, 6) is 0. The van der Waals surface area contributed by atoms with Crippen LogP contribution in [0.25, 0.3) is 11.1 Å². The summed E-state index contributed by atoms with van der Waals surface area (Å²) >= 11 is 0. The molecule has 5 aromatic carbocycles. The minimum absolute atomic E-state index is 0.237. The first-order valence-electron chi connectivity index (χ1n) is 11.9. The molecule has 0 aliphatic heterocycles. The van der Waals surface area contributed by atoms with Crippen LogP contribution in [0.5, 0.6) is 0 Å². The van der Waals surface area contributed by atoms with E-state index in [1.165, 1.54) is 0 Å². The van der Waals surface area contributed by atoms with Gasteiger partial charge in [-0.3, -0.25) is 0 Å². The number of rotatable bonds is 7. The van der Waals surface area contributed by atoms with Crippen LogP contribution in [-0.4, -0.2) is 8.42 Å². The highest BCUT2D eigenvalue weighted by atomic mass is 32.2. The molecular formula is C32H27NO2S. The van der Waals surface area contributed by atoms with Gasteiger partial charge in [0.15, 0.2) is 0 Å². The van der Waals surface area contributed by atoms with Gasteiger partial charge in [-0.1, -0.05) is 139 Å². The van der Waals surface area contributed by atoms with E-state index >= 15 is 0 Å². The number of nitrogens with one attached hydrogen (secondary N) is 1. The van der Waals surface area contributed by atoms with Gasteiger partial charge in [-0.2, -0.15) is 4.72 Å². The fourth-order valence-electron chi connectivity index (χ4n) is 4.67. The van der Waals surface area contributed by atoms with Crippen molar-refractivity contribution in [3.63, 3.8) is 0 Å². The van der Waals surface area contributed by atoms with Crippen LogP contribution in [0.2, 0.25) is 0 Å². The molecule has 0 saturated carbocycles. The van der Waals surface area contributed by atoms with Gasteiger partial charge < -0.3 is 0 Å². The average Bonchev–Trinajstić information content (AvgIpc) is 2.94. The van der Waals surface area contributed by atoms with Crippen LogP contribution < -0.4 is 4.72 Å². The summed E-state index contributed by atoms with van der Waals surface area (Å²) in [7, 11) is -4.00. The number of hydrogen-bond donors (Lipinski definition) is 1. The lowest BCUT2D eigenvalue weighted by molar-refractivity contribution is 0.527. The molecule has 0 unspecified atom stereocenters. The Balaban J connectivity index is 1.75. The summed E-state index contributed by atoms with van der Waals surface area (Å²) in [6, 6.07) is 44.3. The summed E-state index contributed by atoms with van der Waals surface area (Å²) in [5, 5.41) is 0. The minimum Gasteiger partial charge on any atom is -0.207 e. The molecule has 0 aromatic heterocycles. The third-order valence-electron chi connectivity index (χ3n) is 6.45. The first-order valence-corrected chi connectivity index (χ1v) is 13.4. The number of aryl methyl sites for hydroxylation is 1. The SMILES string of the molecule is Cc1ccc(-c2ccccc2S(=O)(=O)NC(c2ccccc2)(c2ccccc2)c2ccccc2)cc1. The van der Waals surface area contributed by atoms with Crippen molar-refractivity contribution in [1.82, 2.24) is 4.72 Å². The molecule has 0 radical (unpaired) electrons. The van der Waals surface area contributed by atoms with E-state index in [9.17, 15) is 8.42 Å². The normalized spacial score (nSPS) is 11.8. The van der Waals surface area contributed by atoms with E-state index in [1.54, 1.807) is 12.1 Å². The maximum atomic E-state index is 14.3. The zero-order valence-corrected chi connectivity index (χ0v) is 20.8. The third kappa shape index (κ3) is 4.49. The summed E-state index contributed by atoms with van der Waals surface area (Å²) in [4.78, 5) is 0.237. The van der Waals surface area contributed by atoms with Crippen LogP contribution in [-0.2, 0) is 15.6 Å². The number of benzene rings is 5. The lowest BCUT2D eigenvalue weighted by Gasteiger charge is -2.36. The molecule has 0 saturated heterocycles. The Bertz CT molecular complexity index is 1450. The first kappa shape index (κ1) is 23.7. The second kappa shape index (κ2) is 9.94. The molecule has 36 heavy (non-hydrogen) atoms. The predicted octanol–water partition coefficient (Wildman–Crippen LogP) is 6.93. The van der Waals surface area contributed by atoms with E-state index in [1.807, 2.05) is 134 Å². The Morgan fingerprint density at radius 1 is 0.528 bits per heavy atom. The van der Waals surface area contributed by atoms with Crippen LogP contribution in [0, 0.1) is 6.92 Å². The highest BCUT2D eigenvalue weighted by Gasteiger charge is 2.41. The Kier molecular flexibility index (Phi) is 6.55. The first-order chi connectivity index (χ1) is 17.5. The smallest absolute Gasteiger partial charge is 0.207 e. The van der Waals surface area contributed by atoms with E-state index in [0.29, 0.717) is 5.56 Å². The third-order valence-corrected chi connectivity index (χ3v) is 7.96. The van der Waals surface area contributed by atoms with Crippen LogP contribution >= 0.6 is 0 Å². The molecule has 178 valence electrons. The van der Waals surface area contributed by atoms with Gasteiger partial charge in [0.25, 0.3) is 0 Å². The van der Waals surface area contributed by atoms with Gasteiger partial charge in [-0.05, 0) is 35.2 Å². The van der Waals surface area contributed by atoms with E-state index in [0.717, 1.165) is 27.8 Å². The van der Waals surface area contributed by atoms with Crippen LogP contribution in [0.1, 0.15) is 22.3 Å². The highest BCUT2D eigenvalue weighted by Crippen LogP contribution is 2.39. The number of hydrogen-bond acceptors (Lipinski definition) is 2. The van der Waals surface area contributed by atoms with Crippen LogP contribution in [0.4, 0.5) is 0 Å². The molecule has 0 heterocycles. The summed E-state index contributed by atoms with van der Waals surface area (Å²) < 4.78 is 31.8. The quantitative estimate of drug-likeness (QED) is 0.252. The maximum Gasteiger partial charge on any atom is 0.242 e. The van der Waals surface area contributed by atoms with E-state index < -0.39 is 15.6 Å². The average molecular weight is 490 g/mol. The molecule has 1 N–H and O–H groups in total. The van der Waals surface area contributed by atoms with Gasteiger partial charge in [-0.25, -0.2) is 8.42 Å². The molecule has 3 nitrogen and oxygen atoms in total. The molecule has 5 rings (SSSR count). The minimum atomic E-state index is -4.00. The van der Waals surface area contributed by atoms with Crippen molar-refractivity contribution >= 4 is 10.0 Å². The van der Waals surface area contributed by atoms with Gasteiger partial charge in [0, 0.05) is 5.56 Å². The standard InChI is InChI=1S/C32H27NO2S/c1-25-21-23-26(24-22-25)30-19-11-12-20-31(30)36(34,35)33-32(27-13-5-2-6-14-27,28-15-7-3-8-16-28)29-17-9-4-10-18-29/h2-24,33H,1H3. The van der Waals surface area contributed by atoms with Crippen molar-refractivity contribution in [2.45, 2.75) is 17.4 Å². The number of sulfonamides is 1. The molecule has 5 aromatic rings. The van der Waals surface area contributed by atoms with Crippen molar-refractivity contribution in [1.29, 1.82) is 0 Å². The molecule has 0 spiro atoms. The summed E-state index contributed by atoms with van der Waals surface area (Å²) in [5.41, 5.74) is 3.99. The molecular weight excluding hydrogens is 462 g/mol. The van der Waals surface area contributed by atoms with Crippen molar-refractivity contribution < 1.29 is 8.42 Å². The summed E-state index contributed by atoms with van der Waals surface area (Å²) in [6.45, 7) is 2.02. The van der Waals surface area contributed by atoms with Crippen molar-refractivity contribution in [3.8, 4) is 11.1 Å². The van der Waals surface area contributed by atoms with Crippen molar-refractivity contribution in [3.05, 3.63) is 162 Å². The highest BCUT2D eigenvalue weighted by molar-refractivity contribution is 7.89. The molecule has 0 aliphatic rings. The van der Waals surface area contributed by atoms with Gasteiger partial charge in [0.05, 0.1) is 4.90 Å². The topological polar surface area (TPSA) is 46.2 Å². The lowest BCUT2D eigenvalue weighted by atomic mass is 9.78. The van der Waals surface area contributed by atoms with Gasteiger partial charge in [0.2, 0.25) is 10.0 Å². The van der Waals surface area contributed by atoms with Gasteiger partial charge in [-0.15, -0.1) is 0 Å². The molecule has 4 heteroatoms. The zero-order chi connectivity index (χ0) is 25.0. The van der Waals surface area contributed by atoms with E-state index in [-0.39, 0.29) is 4.90 Å². The van der Waals surface area contributed by atoms with E-state index in [4.69, 9.17) is 0 Å². The molecule has 0 bridgehead atoms. The Morgan fingerprint density at radius 2 is 0.944 bits per heavy atom. The van der Waals surface area contributed by atoms with Crippen molar-refractivity contribution in [2.75, 3.05) is 0 Å². The second-order valence-electron chi connectivity index (χ2n) is 8.82. The fourth-order valence-corrected chi connectivity index (χ4v) is 6.27. The molecule has 0 fully saturated rings. The Morgan fingerprint density at radius 3 is 1.42 bits per heavy atom. The van der Waals surface area contributed by atoms with Gasteiger partial charge >= 0.3 is 0 Å². The molecule has 0 aliphatic carbocycles. The van der Waals surface area contributed by atoms with E-state index in [2.05, 4.69) is 4.72 Å². The lowest BCUT2D eigenvalue weighted by Crippen LogP contribution is -2.47. The van der Waals surface area contributed by atoms with Crippen LogP contribution in [0.3, 0.4) is 0 Å². The zero-order valence-electron chi connectivity index (χ0n) is 20.0. The Labute approximate surface area is 213 Å². The largest absolute Gasteiger partial charge is 0.242 e. The second-order valence-corrected chi connectivity index (χ2v) is 10.5.